The molecule has 0 fully saturated rings. The zero-order valence-corrected chi connectivity index (χ0v) is 16.0. The Balaban J connectivity index is 1.38. The minimum atomic E-state index is 0.462. The van der Waals surface area contributed by atoms with Crippen molar-refractivity contribution in [3.63, 3.8) is 0 Å². The van der Waals surface area contributed by atoms with Gasteiger partial charge in [-0.2, -0.15) is 0 Å². The fourth-order valence-electron chi connectivity index (χ4n) is 3.42. The number of aromatic nitrogens is 1. The van der Waals surface area contributed by atoms with Gasteiger partial charge in [-0.15, -0.1) is 0 Å². The highest BCUT2D eigenvalue weighted by Crippen LogP contribution is 2.27. The average Bonchev–Trinajstić information content (AvgIpc) is 3.18. The van der Waals surface area contributed by atoms with Crippen LogP contribution in [0, 0.1) is 0 Å². The molecule has 1 aromatic heterocycles. The average molecular weight is 372 g/mol. The summed E-state index contributed by atoms with van der Waals surface area (Å²) >= 11 is 0. The Bertz CT molecular complexity index is 956. The lowest BCUT2D eigenvalue weighted by atomic mass is 10.2. The van der Waals surface area contributed by atoms with E-state index in [9.17, 15) is 0 Å². The molecule has 2 heterocycles. The molecule has 0 bridgehead atoms. The molecule has 1 N–H and O–H groups in total. The fraction of sp³-hybridized carbons (Fsp3) is 0.217. The number of guanidine groups is 1. The summed E-state index contributed by atoms with van der Waals surface area (Å²) in [6.45, 7) is 2.10. The third-order valence-electron chi connectivity index (χ3n) is 4.82. The molecule has 0 amide bonds. The molecule has 4 rings (SSSR count). The topological polar surface area (TPSA) is 49.8 Å². The first-order valence-corrected chi connectivity index (χ1v) is 9.51. The Morgan fingerprint density at radius 1 is 1.11 bits per heavy atom. The third-order valence-corrected chi connectivity index (χ3v) is 4.82. The molecule has 28 heavy (non-hydrogen) atoms. The minimum absolute atomic E-state index is 0.462. The summed E-state index contributed by atoms with van der Waals surface area (Å²) in [4.78, 5) is 11.0. The summed E-state index contributed by atoms with van der Waals surface area (Å²) in [6.07, 6.45) is 2.83. The van der Waals surface area contributed by atoms with Gasteiger partial charge in [0, 0.05) is 32.0 Å². The summed E-state index contributed by atoms with van der Waals surface area (Å²) in [7, 11) is 1.83. The van der Waals surface area contributed by atoms with Gasteiger partial charge in [-0.25, -0.2) is 0 Å². The van der Waals surface area contributed by atoms with Gasteiger partial charge in [0.1, 0.15) is 12.4 Å². The van der Waals surface area contributed by atoms with Crippen molar-refractivity contribution in [2.24, 2.45) is 4.99 Å². The molecule has 142 valence electrons. The van der Waals surface area contributed by atoms with Crippen molar-refractivity contribution in [1.82, 2.24) is 10.3 Å². The van der Waals surface area contributed by atoms with Crippen molar-refractivity contribution >= 4 is 11.6 Å². The maximum absolute atomic E-state index is 5.88. The number of pyridine rings is 1. The largest absolute Gasteiger partial charge is 0.487 e. The number of anilines is 1. The van der Waals surface area contributed by atoms with Gasteiger partial charge in [0.25, 0.3) is 0 Å². The number of benzene rings is 2. The molecule has 0 aliphatic carbocycles. The lowest BCUT2D eigenvalue weighted by molar-refractivity contribution is 0.301. The van der Waals surface area contributed by atoms with Crippen LogP contribution in [0.5, 0.6) is 5.75 Å². The summed E-state index contributed by atoms with van der Waals surface area (Å²) < 4.78 is 5.88. The first kappa shape index (κ1) is 18.0. The molecule has 1 aliphatic rings. The Morgan fingerprint density at radius 3 is 2.86 bits per heavy atom. The fourth-order valence-corrected chi connectivity index (χ4v) is 3.42. The molecule has 0 radical (unpaired) electrons. The van der Waals surface area contributed by atoms with Crippen LogP contribution in [0.15, 0.2) is 77.9 Å². The molecular weight excluding hydrogens is 348 g/mol. The highest BCUT2D eigenvalue weighted by Gasteiger charge is 2.22. The van der Waals surface area contributed by atoms with Gasteiger partial charge in [-0.05, 0) is 47.9 Å². The monoisotopic (exact) mass is 372 g/mol. The van der Waals surface area contributed by atoms with Crippen LogP contribution in [0.3, 0.4) is 0 Å². The van der Waals surface area contributed by atoms with E-state index in [4.69, 9.17) is 4.74 Å². The number of fused-ring (bicyclic) bond motifs is 1. The summed E-state index contributed by atoms with van der Waals surface area (Å²) in [5.74, 6) is 1.73. The van der Waals surface area contributed by atoms with Crippen molar-refractivity contribution in [1.29, 1.82) is 0 Å². The van der Waals surface area contributed by atoms with Gasteiger partial charge in [0.2, 0.25) is 0 Å². The summed E-state index contributed by atoms with van der Waals surface area (Å²) in [5.41, 5.74) is 4.67. The van der Waals surface area contributed by atoms with E-state index >= 15 is 0 Å². The lowest BCUT2D eigenvalue weighted by Gasteiger charge is -2.22. The number of nitrogens with zero attached hydrogens (tertiary/aromatic N) is 3. The first-order valence-electron chi connectivity index (χ1n) is 9.51. The highest BCUT2D eigenvalue weighted by atomic mass is 16.5. The number of rotatable bonds is 5. The Labute approximate surface area is 165 Å². The summed E-state index contributed by atoms with van der Waals surface area (Å²) in [5, 5.41) is 3.48. The van der Waals surface area contributed by atoms with Gasteiger partial charge in [0.05, 0.1) is 5.69 Å². The normalized spacial score (nSPS) is 13.3. The van der Waals surface area contributed by atoms with Crippen LogP contribution >= 0.6 is 0 Å². The molecular formula is C23H24N4O. The highest BCUT2D eigenvalue weighted by molar-refractivity contribution is 5.97. The molecule has 0 saturated heterocycles. The Morgan fingerprint density at radius 2 is 2.00 bits per heavy atom. The number of hydrogen-bond donors (Lipinski definition) is 1. The van der Waals surface area contributed by atoms with E-state index in [1.54, 1.807) is 6.20 Å². The second-order valence-electron chi connectivity index (χ2n) is 6.69. The predicted molar refractivity (Wildman–Crippen MR) is 113 cm³/mol. The van der Waals surface area contributed by atoms with E-state index in [1.807, 2.05) is 37.4 Å². The standard InChI is InChI=1S/C23H24N4O/c1-24-23(27-14-12-19-8-2-3-11-22(19)27)26-16-18-7-6-10-21(15-18)28-17-20-9-4-5-13-25-20/h2-11,13,15H,12,14,16-17H2,1H3,(H,24,26). The number of para-hydroxylation sites is 1. The SMILES string of the molecule is CN=C(NCc1cccc(OCc2ccccn2)c1)N1CCc2ccccc21. The Hall–Kier alpha value is -3.34. The number of hydrogen-bond acceptors (Lipinski definition) is 3. The first-order chi connectivity index (χ1) is 13.8. The van der Waals surface area contributed by atoms with E-state index in [0.717, 1.165) is 35.9 Å². The third kappa shape index (κ3) is 4.14. The second kappa shape index (κ2) is 8.57. The van der Waals surface area contributed by atoms with Crippen molar-refractivity contribution in [2.45, 2.75) is 19.6 Å². The summed E-state index contributed by atoms with van der Waals surface area (Å²) in [6, 6.07) is 22.5. The van der Waals surface area contributed by atoms with Gasteiger partial charge >= 0.3 is 0 Å². The number of nitrogens with one attached hydrogen (secondary N) is 1. The van der Waals surface area contributed by atoms with Crippen molar-refractivity contribution in [2.75, 3.05) is 18.5 Å². The minimum Gasteiger partial charge on any atom is -0.487 e. The van der Waals surface area contributed by atoms with Crippen molar-refractivity contribution in [3.05, 3.63) is 89.7 Å². The van der Waals surface area contributed by atoms with E-state index in [1.165, 1.54) is 11.3 Å². The van der Waals surface area contributed by atoms with E-state index in [-0.39, 0.29) is 0 Å². The van der Waals surface area contributed by atoms with Crippen molar-refractivity contribution < 1.29 is 4.74 Å². The molecule has 0 saturated carbocycles. The van der Waals surface area contributed by atoms with Crippen molar-refractivity contribution in [3.8, 4) is 5.75 Å². The smallest absolute Gasteiger partial charge is 0.198 e. The zero-order chi connectivity index (χ0) is 19.2. The molecule has 1 aliphatic heterocycles. The van der Waals surface area contributed by atoms with Crippen LogP contribution in [-0.2, 0) is 19.6 Å². The van der Waals surface area contributed by atoms with Crippen LogP contribution in [0.4, 0.5) is 5.69 Å². The molecule has 3 aromatic rings. The zero-order valence-electron chi connectivity index (χ0n) is 16.0. The van der Waals surface area contributed by atoms with Crippen LogP contribution in [0.2, 0.25) is 0 Å². The van der Waals surface area contributed by atoms with Gasteiger partial charge in [0.15, 0.2) is 5.96 Å². The van der Waals surface area contributed by atoms with E-state index in [2.05, 4.69) is 56.6 Å². The quantitative estimate of drug-likeness (QED) is 0.547. The van der Waals surface area contributed by atoms with Gasteiger partial charge < -0.3 is 15.0 Å². The van der Waals surface area contributed by atoms with Crippen LogP contribution in [-0.4, -0.2) is 24.5 Å². The van der Waals surface area contributed by atoms with Crippen LogP contribution in [0.25, 0.3) is 0 Å². The molecule has 5 nitrogen and oxygen atoms in total. The molecule has 0 spiro atoms. The maximum atomic E-state index is 5.88. The molecule has 0 unspecified atom stereocenters. The predicted octanol–water partition coefficient (Wildman–Crippen LogP) is 3.80. The van der Waals surface area contributed by atoms with Gasteiger partial charge in [-0.3, -0.25) is 9.98 Å². The van der Waals surface area contributed by atoms with Crippen LogP contribution in [0.1, 0.15) is 16.8 Å². The van der Waals surface area contributed by atoms with Crippen LogP contribution < -0.4 is 15.0 Å². The van der Waals surface area contributed by atoms with E-state index < -0.39 is 0 Å². The second-order valence-corrected chi connectivity index (χ2v) is 6.69. The lowest BCUT2D eigenvalue weighted by Crippen LogP contribution is -2.40. The number of aliphatic imine (C=N–C) groups is 1. The number of ether oxygens (including phenoxy) is 1. The van der Waals surface area contributed by atoms with Gasteiger partial charge in [-0.1, -0.05) is 36.4 Å². The molecule has 2 aromatic carbocycles. The Kier molecular flexibility index (Phi) is 5.52. The maximum Gasteiger partial charge on any atom is 0.198 e. The van der Waals surface area contributed by atoms with E-state index in [0.29, 0.717) is 13.2 Å². The molecule has 5 heteroatoms. The molecule has 0 atom stereocenters.